The molecule has 2 atom stereocenters. The fourth-order valence-electron chi connectivity index (χ4n) is 2.92. The van der Waals surface area contributed by atoms with E-state index in [1.165, 1.54) is 0 Å². The van der Waals surface area contributed by atoms with Crippen molar-refractivity contribution >= 4 is 6.03 Å². The van der Waals surface area contributed by atoms with Crippen LogP contribution in [0.25, 0.3) is 0 Å². The molecule has 134 valence electrons. The lowest BCUT2D eigenvalue weighted by Gasteiger charge is -2.35. The largest absolute Gasteiger partial charge is 0.383 e. The molecule has 6 nitrogen and oxygen atoms in total. The van der Waals surface area contributed by atoms with Crippen LogP contribution in [-0.4, -0.2) is 75.4 Å². The summed E-state index contributed by atoms with van der Waals surface area (Å²) in [5.41, 5.74) is 1.13. The molecule has 2 amide bonds. The van der Waals surface area contributed by atoms with Gasteiger partial charge in [0.1, 0.15) is 0 Å². The molecule has 1 aromatic carbocycles. The number of nitrogens with one attached hydrogen (secondary N) is 2. The van der Waals surface area contributed by atoms with Gasteiger partial charge in [-0.25, -0.2) is 4.79 Å². The van der Waals surface area contributed by atoms with Gasteiger partial charge in [-0.1, -0.05) is 30.3 Å². The van der Waals surface area contributed by atoms with Gasteiger partial charge in [-0.15, -0.1) is 0 Å². The number of likely N-dealkylation sites (N-methyl/N-ethyl adjacent to an activating group) is 1. The summed E-state index contributed by atoms with van der Waals surface area (Å²) in [6.45, 7) is 7.45. The Hall–Kier alpha value is -1.63. The highest BCUT2D eigenvalue weighted by molar-refractivity contribution is 5.74. The van der Waals surface area contributed by atoms with Crippen LogP contribution in [-0.2, 0) is 4.74 Å². The Morgan fingerprint density at radius 2 is 1.83 bits per heavy atom. The number of hydrogen-bond acceptors (Lipinski definition) is 4. The molecule has 1 fully saturated rings. The van der Waals surface area contributed by atoms with Gasteiger partial charge in [-0.05, 0) is 19.5 Å². The molecule has 2 rings (SSSR count). The van der Waals surface area contributed by atoms with Gasteiger partial charge in [0.15, 0.2) is 0 Å². The average molecular weight is 334 g/mol. The zero-order chi connectivity index (χ0) is 17.4. The van der Waals surface area contributed by atoms with E-state index in [1.807, 2.05) is 25.1 Å². The summed E-state index contributed by atoms with van der Waals surface area (Å²) >= 11 is 0. The minimum Gasteiger partial charge on any atom is -0.383 e. The van der Waals surface area contributed by atoms with E-state index in [0.717, 1.165) is 38.3 Å². The minimum absolute atomic E-state index is 0.0185. The maximum atomic E-state index is 12.3. The second-order valence-electron chi connectivity index (χ2n) is 6.54. The molecule has 1 saturated heterocycles. The molecule has 0 spiro atoms. The molecule has 1 aliphatic heterocycles. The summed E-state index contributed by atoms with van der Waals surface area (Å²) in [6.07, 6.45) is 0. The van der Waals surface area contributed by atoms with E-state index >= 15 is 0 Å². The van der Waals surface area contributed by atoms with Crippen molar-refractivity contribution in [3.05, 3.63) is 35.9 Å². The molecule has 0 bridgehead atoms. The van der Waals surface area contributed by atoms with Gasteiger partial charge in [-0.3, -0.25) is 4.90 Å². The molecule has 6 heteroatoms. The van der Waals surface area contributed by atoms with Crippen molar-refractivity contribution in [2.24, 2.45) is 0 Å². The fourth-order valence-corrected chi connectivity index (χ4v) is 2.92. The SMILES string of the molecule is COCC(C)NC(=O)NC(CN1CCN(C)CC1)c1ccccc1. The maximum Gasteiger partial charge on any atom is 0.315 e. The van der Waals surface area contributed by atoms with Crippen LogP contribution in [0, 0.1) is 0 Å². The van der Waals surface area contributed by atoms with Crippen LogP contribution >= 0.6 is 0 Å². The number of carbonyl (C=O) groups is 1. The van der Waals surface area contributed by atoms with Crippen molar-refractivity contribution in [3.63, 3.8) is 0 Å². The van der Waals surface area contributed by atoms with Gasteiger partial charge in [0, 0.05) is 39.8 Å². The number of ether oxygens (including phenoxy) is 1. The van der Waals surface area contributed by atoms with E-state index in [2.05, 4.69) is 39.6 Å². The van der Waals surface area contributed by atoms with Gasteiger partial charge in [0.25, 0.3) is 0 Å². The Balaban J connectivity index is 1.97. The summed E-state index contributed by atoms with van der Waals surface area (Å²) in [5.74, 6) is 0. The first-order valence-corrected chi connectivity index (χ1v) is 8.60. The molecule has 24 heavy (non-hydrogen) atoms. The van der Waals surface area contributed by atoms with Gasteiger partial charge in [0.2, 0.25) is 0 Å². The van der Waals surface area contributed by atoms with Crippen molar-refractivity contribution in [2.45, 2.75) is 19.0 Å². The van der Waals surface area contributed by atoms with E-state index in [1.54, 1.807) is 7.11 Å². The predicted molar refractivity (Wildman–Crippen MR) is 96.1 cm³/mol. The van der Waals surface area contributed by atoms with Crippen LogP contribution in [0.2, 0.25) is 0 Å². The van der Waals surface area contributed by atoms with Gasteiger partial charge in [-0.2, -0.15) is 0 Å². The van der Waals surface area contributed by atoms with E-state index in [0.29, 0.717) is 6.61 Å². The highest BCUT2D eigenvalue weighted by Gasteiger charge is 2.21. The quantitative estimate of drug-likeness (QED) is 0.789. The van der Waals surface area contributed by atoms with Gasteiger partial charge in [0.05, 0.1) is 18.7 Å². The third-order valence-corrected chi connectivity index (χ3v) is 4.34. The van der Waals surface area contributed by atoms with Crippen LogP contribution in [0.4, 0.5) is 4.79 Å². The molecule has 2 unspecified atom stereocenters. The number of amides is 2. The molecule has 0 aromatic heterocycles. The van der Waals surface area contributed by atoms with Gasteiger partial charge < -0.3 is 20.3 Å². The molecule has 1 aromatic rings. The van der Waals surface area contributed by atoms with Crippen LogP contribution in [0.15, 0.2) is 30.3 Å². The Labute approximate surface area is 145 Å². The summed E-state index contributed by atoms with van der Waals surface area (Å²) in [4.78, 5) is 17.0. The Morgan fingerprint density at radius 3 is 2.46 bits per heavy atom. The second-order valence-corrected chi connectivity index (χ2v) is 6.54. The number of urea groups is 1. The highest BCUT2D eigenvalue weighted by Crippen LogP contribution is 2.15. The van der Waals surface area contributed by atoms with Crippen molar-refractivity contribution in [1.29, 1.82) is 0 Å². The summed E-state index contributed by atoms with van der Waals surface area (Å²) < 4.78 is 5.07. The molecule has 2 N–H and O–H groups in total. The molecule has 1 heterocycles. The van der Waals surface area contributed by atoms with Crippen molar-refractivity contribution in [2.75, 3.05) is 53.5 Å². The summed E-state index contributed by atoms with van der Waals surface area (Å²) in [7, 11) is 3.78. The molecule has 0 saturated carbocycles. The molecular formula is C18H30N4O2. The predicted octanol–water partition coefficient (Wildman–Crippen LogP) is 1.31. The van der Waals surface area contributed by atoms with E-state index < -0.39 is 0 Å². The van der Waals surface area contributed by atoms with Crippen LogP contribution in [0.1, 0.15) is 18.5 Å². The maximum absolute atomic E-state index is 12.3. The van der Waals surface area contributed by atoms with Crippen LogP contribution < -0.4 is 10.6 Å². The lowest BCUT2D eigenvalue weighted by Crippen LogP contribution is -2.50. The lowest BCUT2D eigenvalue weighted by molar-refractivity contribution is 0.141. The van der Waals surface area contributed by atoms with Crippen molar-refractivity contribution < 1.29 is 9.53 Å². The lowest BCUT2D eigenvalue weighted by atomic mass is 10.1. The number of benzene rings is 1. The average Bonchev–Trinajstić information content (AvgIpc) is 2.57. The number of piperazine rings is 1. The van der Waals surface area contributed by atoms with E-state index in [-0.39, 0.29) is 18.1 Å². The normalized spacial score (nSPS) is 18.8. The van der Waals surface area contributed by atoms with E-state index in [9.17, 15) is 4.79 Å². The summed E-state index contributed by atoms with van der Waals surface area (Å²) in [5, 5.41) is 6.04. The van der Waals surface area contributed by atoms with Crippen LogP contribution in [0.3, 0.4) is 0 Å². The molecule has 1 aliphatic rings. The zero-order valence-corrected chi connectivity index (χ0v) is 15.0. The van der Waals surface area contributed by atoms with Crippen LogP contribution in [0.5, 0.6) is 0 Å². The Bertz CT molecular complexity index is 489. The standard InChI is InChI=1S/C18H30N4O2/c1-15(14-24-3)19-18(23)20-17(16-7-5-4-6-8-16)13-22-11-9-21(2)10-12-22/h4-8,15,17H,9-14H2,1-3H3,(H2,19,20,23). The third-order valence-electron chi connectivity index (χ3n) is 4.34. The monoisotopic (exact) mass is 334 g/mol. The van der Waals surface area contributed by atoms with Crippen molar-refractivity contribution in [1.82, 2.24) is 20.4 Å². The highest BCUT2D eigenvalue weighted by atomic mass is 16.5. The molecule has 0 radical (unpaired) electrons. The van der Waals surface area contributed by atoms with E-state index in [4.69, 9.17) is 4.74 Å². The first kappa shape index (κ1) is 18.7. The Morgan fingerprint density at radius 1 is 1.17 bits per heavy atom. The number of hydrogen-bond donors (Lipinski definition) is 2. The smallest absolute Gasteiger partial charge is 0.315 e. The third kappa shape index (κ3) is 6.11. The summed E-state index contributed by atoms with van der Waals surface area (Å²) in [6, 6.07) is 9.97. The second kappa shape index (κ2) is 9.61. The van der Waals surface area contributed by atoms with Crippen molar-refractivity contribution in [3.8, 4) is 0 Å². The fraction of sp³-hybridized carbons (Fsp3) is 0.611. The molecular weight excluding hydrogens is 304 g/mol. The number of rotatable bonds is 7. The molecule has 0 aliphatic carbocycles. The number of nitrogens with zero attached hydrogens (tertiary/aromatic N) is 2. The first-order chi connectivity index (χ1) is 11.6. The first-order valence-electron chi connectivity index (χ1n) is 8.60. The minimum atomic E-state index is -0.150. The Kier molecular flexibility index (Phi) is 7.49. The topological polar surface area (TPSA) is 56.8 Å². The number of methoxy groups -OCH3 is 1. The van der Waals surface area contributed by atoms with Gasteiger partial charge >= 0.3 is 6.03 Å². The number of carbonyl (C=O) groups excluding carboxylic acids is 1. The zero-order valence-electron chi connectivity index (χ0n) is 15.0.